The van der Waals surface area contributed by atoms with E-state index in [-0.39, 0.29) is 17.9 Å². The maximum Gasteiger partial charge on any atom is 0.310 e. The fraction of sp³-hybridized carbons (Fsp3) is 0.929. The minimum Gasteiger partial charge on any atom is -0.465 e. The first kappa shape index (κ1) is 13.8. The van der Waals surface area contributed by atoms with E-state index in [2.05, 4.69) is 0 Å². The first-order valence-electron chi connectivity index (χ1n) is 7.27. The molecule has 18 heavy (non-hydrogen) atoms. The SMILES string of the molecule is NC1CCCCCC1C(=O)OCC1CCOCC1. The van der Waals surface area contributed by atoms with Gasteiger partial charge in [-0.3, -0.25) is 4.79 Å². The Balaban J connectivity index is 1.75. The second-order valence-corrected chi connectivity index (χ2v) is 5.59. The number of nitrogens with two attached hydrogens (primary N) is 1. The van der Waals surface area contributed by atoms with Gasteiger partial charge >= 0.3 is 5.97 Å². The summed E-state index contributed by atoms with van der Waals surface area (Å²) < 4.78 is 10.8. The van der Waals surface area contributed by atoms with Gasteiger partial charge in [0.15, 0.2) is 0 Å². The number of hydrogen-bond acceptors (Lipinski definition) is 4. The molecule has 0 aromatic heterocycles. The molecule has 2 rings (SSSR count). The van der Waals surface area contributed by atoms with Crippen molar-refractivity contribution in [3.8, 4) is 0 Å². The summed E-state index contributed by atoms with van der Waals surface area (Å²) in [6, 6.07) is -0.00492. The third kappa shape index (κ3) is 3.95. The van der Waals surface area contributed by atoms with Gasteiger partial charge in [0.25, 0.3) is 0 Å². The van der Waals surface area contributed by atoms with Crippen molar-refractivity contribution in [3.05, 3.63) is 0 Å². The molecule has 0 bridgehead atoms. The van der Waals surface area contributed by atoms with Crippen molar-refractivity contribution in [2.24, 2.45) is 17.6 Å². The molecule has 1 heterocycles. The Labute approximate surface area is 109 Å². The van der Waals surface area contributed by atoms with Gasteiger partial charge < -0.3 is 15.2 Å². The quantitative estimate of drug-likeness (QED) is 0.617. The largest absolute Gasteiger partial charge is 0.465 e. The number of carbonyl (C=O) groups excluding carboxylic acids is 1. The number of esters is 1. The Morgan fingerprint density at radius 2 is 1.83 bits per heavy atom. The van der Waals surface area contributed by atoms with E-state index in [1.165, 1.54) is 6.42 Å². The molecule has 104 valence electrons. The van der Waals surface area contributed by atoms with Gasteiger partial charge in [-0.15, -0.1) is 0 Å². The van der Waals surface area contributed by atoms with Gasteiger partial charge in [-0.1, -0.05) is 19.3 Å². The van der Waals surface area contributed by atoms with Crippen molar-refractivity contribution >= 4 is 5.97 Å². The Morgan fingerprint density at radius 3 is 2.61 bits per heavy atom. The van der Waals surface area contributed by atoms with E-state index in [1.807, 2.05) is 0 Å². The monoisotopic (exact) mass is 255 g/mol. The molecule has 2 unspecified atom stereocenters. The van der Waals surface area contributed by atoms with Crippen LogP contribution in [0.4, 0.5) is 0 Å². The maximum absolute atomic E-state index is 12.1. The lowest BCUT2D eigenvalue weighted by Crippen LogP contribution is -2.36. The predicted molar refractivity (Wildman–Crippen MR) is 69.1 cm³/mol. The number of hydrogen-bond donors (Lipinski definition) is 1. The third-order valence-electron chi connectivity index (χ3n) is 4.17. The second kappa shape index (κ2) is 7.10. The number of ether oxygens (including phenoxy) is 2. The van der Waals surface area contributed by atoms with Crippen LogP contribution in [0.5, 0.6) is 0 Å². The van der Waals surface area contributed by atoms with Crippen molar-refractivity contribution in [3.63, 3.8) is 0 Å². The Hall–Kier alpha value is -0.610. The summed E-state index contributed by atoms with van der Waals surface area (Å²) in [6.45, 7) is 2.14. The molecule has 4 heteroatoms. The summed E-state index contributed by atoms with van der Waals surface area (Å²) in [5.74, 6) is 0.327. The third-order valence-corrected chi connectivity index (χ3v) is 4.17. The smallest absolute Gasteiger partial charge is 0.310 e. The van der Waals surface area contributed by atoms with Gasteiger partial charge in [0.2, 0.25) is 0 Å². The summed E-state index contributed by atoms with van der Waals surface area (Å²) >= 11 is 0. The van der Waals surface area contributed by atoms with Crippen LogP contribution in [0, 0.1) is 11.8 Å². The van der Waals surface area contributed by atoms with Crippen molar-refractivity contribution < 1.29 is 14.3 Å². The summed E-state index contributed by atoms with van der Waals surface area (Å²) in [5.41, 5.74) is 6.07. The second-order valence-electron chi connectivity index (χ2n) is 5.59. The standard InChI is InChI=1S/C14H25NO3/c15-13-5-3-1-2-4-12(13)14(16)18-10-11-6-8-17-9-7-11/h11-13H,1-10,15H2. The first-order valence-corrected chi connectivity index (χ1v) is 7.27. The lowest BCUT2D eigenvalue weighted by atomic mass is 9.95. The summed E-state index contributed by atoms with van der Waals surface area (Å²) in [7, 11) is 0. The summed E-state index contributed by atoms with van der Waals surface area (Å²) in [5, 5.41) is 0. The highest BCUT2D eigenvalue weighted by Gasteiger charge is 2.29. The van der Waals surface area contributed by atoms with Crippen LogP contribution in [-0.4, -0.2) is 31.8 Å². The van der Waals surface area contributed by atoms with Crippen LogP contribution < -0.4 is 5.73 Å². The first-order chi connectivity index (χ1) is 8.77. The van der Waals surface area contributed by atoms with Gasteiger partial charge in [-0.05, 0) is 31.6 Å². The Morgan fingerprint density at radius 1 is 1.11 bits per heavy atom. The minimum atomic E-state index is -0.0765. The van der Waals surface area contributed by atoms with Crippen LogP contribution in [0.2, 0.25) is 0 Å². The molecular formula is C14H25NO3. The Bertz CT molecular complexity index is 264. The van der Waals surface area contributed by atoms with Gasteiger partial charge in [0.1, 0.15) is 0 Å². The van der Waals surface area contributed by atoms with Crippen molar-refractivity contribution in [1.82, 2.24) is 0 Å². The highest BCUT2D eigenvalue weighted by atomic mass is 16.5. The zero-order valence-corrected chi connectivity index (χ0v) is 11.1. The molecule has 1 aliphatic heterocycles. The lowest BCUT2D eigenvalue weighted by molar-refractivity contribution is -0.151. The van der Waals surface area contributed by atoms with Crippen molar-refractivity contribution in [2.75, 3.05) is 19.8 Å². The van der Waals surface area contributed by atoms with E-state index >= 15 is 0 Å². The van der Waals surface area contributed by atoms with E-state index < -0.39 is 0 Å². The molecule has 2 fully saturated rings. The fourth-order valence-electron chi connectivity index (χ4n) is 2.85. The molecule has 1 aliphatic carbocycles. The normalized spacial score (nSPS) is 30.7. The van der Waals surface area contributed by atoms with E-state index in [9.17, 15) is 4.79 Å². The van der Waals surface area contributed by atoms with Gasteiger partial charge in [0, 0.05) is 19.3 Å². The van der Waals surface area contributed by atoms with Crippen LogP contribution in [0.1, 0.15) is 44.9 Å². The van der Waals surface area contributed by atoms with Crippen molar-refractivity contribution in [2.45, 2.75) is 51.0 Å². The number of rotatable bonds is 3. The molecule has 2 atom stereocenters. The average Bonchev–Trinajstić information content (AvgIpc) is 2.62. The van der Waals surface area contributed by atoms with Gasteiger partial charge in [-0.25, -0.2) is 0 Å². The van der Waals surface area contributed by atoms with Crippen LogP contribution >= 0.6 is 0 Å². The van der Waals surface area contributed by atoms with Crippen LogP contribution in [0.25, 0.3) is 0 Å². The topological polar surface area (TPSA) is 61.6 Å². The zero-order valence-electron chi connectivity index (χ0n) is 11.1. The van der Waals surface area contributed by atoms with E-state index in [4.69, 9.17) is 15.2 Å². The minimum absolute atomic E-state index is 0.00492. The van der Waals surface area contributed by atoms with E-state index in [0.717, 1.165) is 51.7 Å². The van der Waals surface area contributed by atoms with Crippen molar-refractivity contribution in [1.29, 1.82) is 0 Å². The summed E-state index contributed by atoms with van der Waals surface area (Å²) in [4.78, 5) is 12.1. The maximum atomic E-state index is 12.1. The van der Waals surface area contributed by atoms with Crippen LogP contribution in [-0.2, 0) is 14.3 Å². The molecule has 1 saturated heterocycles. The molecule has 0 radical (unpaired) electrons. The molecule has 2 N–H and O–H groups in total. The van der Waals surface area contributed by atoms with E-state index in [0.29, 0.717) is 12.5 Å². The van der Waals surface area contributed by atoms with Crippen LogP contribution in [0.3, 0.4) is 0 Å². The van der Waals surface area contributed by atoms with Gasteiger partial charge in [0.05, 0.1) is 12.5 Å². The lowest BCUT2D eigenvalue weighted by Gasteiger charge is -2.24. The molecule has 0 spiro atoms. The highest BCUT2D eigenvalue weighted by molar-refractivity contribution is 5.73. The molecule has 0 amide bonds. The fourth-order valence-corrected chi connectivity index (χ4v) is 2.85. The zero-order chi connectivity index (χ0) is 12.8. The Kier molecular flexibility index (Phi) is 5.45. The molecule has 0 aromatic rings. The molecular weight excluding hydrogens is 230 g/mol. The molecule has 2 aliphatic rings. The molecule has 1 saturated carbocycles. The highest BCUT2D eigenvalue weighted by Crippen LogP contribution is 2.24. The van der Waals surface area contributed by atoms with Gasteiger partial charge in [-0.2, -0.15) is 0 Å². The molecule has 4 nitrogen and oxygen atoms in total. The van der Waals surface area contributed by atoms with Crippen LogP contribution in [0.15, 0.2) is 0 Å². The molecule has 0 aromatic carbocycles. The average molecular weight is 255 g/mol. The van der Waals surface area contributed by atoms with E-state index in [1.54, 1.807) is 0 Å². The predicted octanol–water partition coefficient (Wildman–Crippen LogP) is 1.86. The summed E-state index contributed by atoms with van der Waals surface area (Å²) in [6.07, 6.45) is 7.30. The number of carbonyl (C=O) groups is 1.